The molecule has 1 N–H and O–H groups in total. The maximum Gasteiger partial charge on any atom is 0.165 e. The van der Waals surface area contributed by atoms with Crippen molar-refractivity contribution in [2.75, 3.05) is 6.54 Å². The fourth-order valence-corrected chi connectivity index (χ4v) is 2.47. The lowest BCUT2D eigenvalue weighted by atomic mass is 9.93. The third-order valence-electron chi connectivity index (χ3n) is 3.31. The van der Waals surface area contributed by atoms with Crippen molar-refractivity contribution in [3.05, 3.63) is 29.8 Å². The minimum Gasteiger partial charge on any atom is -0.487 e. The quantitative estimate of drug-likeness (QED) is 0.891. The van der Waals surface area contributed by atoms with Gasteiger partial charge < -0.3 is 10.1 Å². The molecule has 0 saturated heterocycles. The molecule has 1 aliphatic carbocycles. The molecule has 0 bridgehead atoms. The first-order chi connectivity index (χ1) is 8.69. The molecular weight excluding hydrogens is 236 g/mol. The molecule has 0 amide bonds. The minimum atomic E-state index is -0.498. The van der Waals surface area contributed by atoms with Crippen molar-refractivity contribution in [1.29, 1.82) is 0 Å². The lowest BCUT2D eigenvalue weighted by molar-refractivity contribution is 0.129. The Kier molecular flexibility index (Phi) is 4.53. The molecule has 1 aromatic carbocycles. The van der Waals surface area contributed by atoms with Gasteiger partial charge in [0.15, 0.2) is 11.6 Å². The van der Waals surface area contributed by atoms with Gasteiger partial charge in [-0.2, -0.15) is 0 Å². The molecule has 1 fully saturated rings. The predicted octanol–water partition coefficient (Wildman–Crippen LogP) is 3.26. The summed E-state index contributed by atoms with van der Waals surface area (Å²) in [6.07, 6.45) is 3.90. The van der Waals surface area contributed by atoms with Gasteiger partial charge in [0, 0.05) is 12.1 Å². The van der Waals surface area contributed by atoms with Crippen LogP contribution in [0, 0.1) is 11.6 Å². The highest BCUT2D eigenvalue weighted by atomic mass is 19.1. The number of ether oxygens (including phenoxy) is 1. The molecule has 1 aliphatic rings. The van der Waals surface area contributed by atoms with Gasteiger partial charge in [0.05, 0.1) is 0 Å². The summed E-state index contributed by atoms with van der Waals surface area (Å²) in [5.74, 6) is -0.940. The Morgan fingerprint density at radius 3 is 2.94 bits per heavy atom. The Morgan fingerprint density at radius 2 is 2.17 bits per heavy atom. The summed E-state index contributed by atoms with van der Waals surface area (Å²) in [5.41, 5.74) is 0. The van der Waals surface area contributed by atoms with E-state index in [2.05, 4.69) is 12.2 Å². The molecule has 1 aromatic rings. The monoisotopic (exact) mass is 255 g/mol. The van der Waals surface area contributed by atoms with E-state index < -0.39 is 11.6 Å². The molecule has 4 heteroatoms. The Morgan fingerprint density at radius 1 is 1.33 bits per heavy atom. The second-order valence-corrected chi connectivity index (χ2v) is 4.74. The SMILES string of the molecule is CCNC1CCCC(Oc2cc(F)ccc2F)C1. The summed E-state index contributed by atoms with van der Waals surface area (Å²) in [6, 6.07) is 3.75. The molecule has 2 atom stereocenters. The van der Waals surface area contributed by atoms with Gasteiger partial charge >= 0.3 is 0 Å². The smallest absolute Gasteiger partial charge is 0.165 e. The summed E-state index contributed by atoms with van der Waals surface area (Å²) in [4.78, 5) is 0. The van der Waals surface area contributed by atoms with Crippen LogP contribution in [0.25, 0.3) is 0 Å². The van der Waals surface area contributed by atoms with E-state index in [0.29, 0.717) is 6.04 Å². The highest BCUT2D eigenvalue weighted by molar-refractivity contribution is 5.25. The van der Waals surface area contributed by atoms with Crippen LogP contribution in [0.15, 0.2) is 18.2 Å². The number of rotatable bonds is 4. The summed E-state index contributed by atoms with van der Waals surface area (Å²) in [5, 5.41) is 3.38. The van der Waals surface area contributed by atoms with Crippen molar-refractivity contribution in [3.63, 3.8) is 0 Å². The second-order valence-electron chi connectivity index (χ2n) is 4.74. The van der Waals surface area contributed by atoms with Gasteiger partial charge in [-0.05, 0) is 44.4 Å². The Balaban J connectivity index is 1.98. The summed E-state index contributed by atoms with van der Waals surface area (Å²) >= 11 is 0. The third-order valence-corrected chi connectivity index (χ3v) is 3.31. The van der Waals surface area contributed by atoms with Gasteiger partial charge in [-0.25, -0.2) is 8.78 Å². The highest BCUT2D eigenvalue weighted by Gasteiger charge is 2.23. The van der Waals surface area contributed by atoms with Crippen LogP contribution in [0.3, 0.4) is 0 Å². The normalized spacial score (nSPS) is 23.9. The zero-order valence-corrected chi connectivity index (χ0v) is 10.6. The van der Waals surface area contributed by atoms with Crippen LogP contribution in [0.4, 0.5) is 8.78 Å². The fraction of sp³-hybridized carbons (Fsp3) is 0.571. The third kappa shape index (κ3) is 3.42. The van der Waals surface area contributed by atoms with Crippen LogP contribution in [0.1, 0.15) is 32.6 Å². The second kappa shape index (κ2) is 6.14. The fourth-order valence-electron chi connectivity index (χ4n) is 2.47. The van der Waals surface area contributed by atoms with Crippen molar-refractivity contribution >= 4 is 0 Å². The average molecular weight is 255 g/mol. The molecule has 18 heavy (non-hydrogen) atoms. The zero-order chi connectivity index (χ0) is 13.0. The molecule has 0 aromatic heterocycles. The van der Waals surface area contributed by atoms with Crippen molar-refractivity contribution < 1.29 is 13.5 Å². The van der Waals surface area contributed by atoms with Crippen LogP contribution in [0.2, 0.25) is 0 Å². The molecule has 0 aliphatic heterocycles. The minimum absolute atomic E-state index is 0.0251. The molecule has 2 unspecified atom stereocenters. The van der Waals surface area contributed by atoms with Crippen LogP contribution >= 0.6 is 0 Å². The number of nitrogens with one attached hydrogen (secondary N) is 1. The van der Waals surface area contributed by atoms with Gasteiger partial charge in [-0.15, -0.1) is 0 Å². The zero-order valence-electron chi connectivity index (χ0n) is 10.6. The first kappa shape index (κ1) is 13.3. The lowest BCUT2D eigenvalue weighted by Crippen LogP contribution is -2.38. The predicted molar refractivity (Wildman–Crippen MR) is 66.7 cm³/mol. The highest BCUT2D eigenvalue weighted by Crippen LogP contribution is 2.26. The van der Waals surface area contributed by atoms with Gasteiger partial charge in [0.1, 0.15) is 11.9 Å². The van der Waals surface area contributed by atoms with Crippen LogP contribution in [-0.4, -0.2) is 18.7 Å². The van der Waals surface area contributed by atoms with E-state index >= 15 is 0 Å². The van der Waals surface area contributed by atoms with E-state index in [1.165, 1.54) is 0 Å². The molecule has 100 valence electrons. The van der Waals surface area contributed by atoms with Gasteiger partial charge in [-0.1, -0.05) is 6.92 Å². The maximum absolute atomic E-state index is 13.5. The van der Waals surface area contributed by atoms with E-state index in [-0.39, 0.29) is 11.9 Å². The first-order valence-corrected chi connectivity index (χ1v) is 6.54. The molecule has 0 heterocycles. The van der Waals surface area contributed by atoms with E-state index in [1.54, 1.807) is 0 Å². The molecule has 0 spiro atoms. The van der Waals surface area contributed by atoms with Crippen molar-refractivity contribution in [2.45, 2.75) is 44.8 Å². The molecule has 0 radical (unpaired) electrons. The van der Waals surface area contributed by atoms with Crippen LogP contribution in [-0.2, 0) is 0 Å². The van der Waals surface area contributed by atoms with E-state index in [9.17, 15) is 8.78 Å². The topological polar surface area (TPSA) is 21.3 Å². The first-order valence-electron chi connectivity index (χ1n) is 6.54. The van der Waals surface area contributed by atoms with Gasteiger partial charge in [0.2, 0.25) is 0 Å². The van der Waals surface area contributed by atoms with Gasteiger partial charge in [0.25, 0.3) is 0 Å². The molecule has 2 rings (SSSR count). The summed E-state index contributed by atoms with van der Waals surface area (Å²) in [6.45, 7) is 2.99. The van der Waals surface area contributed by atoms with E-state index in [1.807, 2.05) is 0 Å². The van der Waals surface area contributed by atoms with Crippen LogP contribution in [0.5, 0.6) is 5.75 Å². The van der Waals surface area contributed by atoms with Crippen molar-refractivity contribution in [1.82, 2.24) is 5.32 Å². The maximum atomic E-state index is 13.5. The average Bonchev–Trinajstić information content (AvgIpc) is 2.35. The molecule has 2 nitrogen and oxygen atoms in total. The number of halogens is 2. The number of benzene rings is 1. The van der Waals surface area contributed by atoms with Crippen molar-refractivity contribution in [2.24, 2.45) is 0 Å². The Bertz CT molecular complexity index is 395. The van der Waals surface area contributed by atoms with Crippen LogP contribution < -0.4 is 10.1 Å². The Labute approximate surface area is 106 Å². The summed E-state index contributed by atoms with van der Waals surface area (Å²) < 4.78 is 32.1. The van der Waals surface area contributed by atoms with Gasteiger partial charge in [-0.3, -0.25) is 0 Å². The van der Waals surface area contributed by atoms with E-state index in [4.69, 9.17) is 4.74 Å². The largest absolute Gasteiger partial charge is 0.487 e. The van der Waals surface area contributed by atoms with Crippen molar-refractivity contribution in [3.8, 4) is 5.75 Å². The number of hydrogen-bond acceptors (Lipinski definition) is 2. The molecule has 1 saturated carbocycles. The van der Waals surface area contributed by atoms with E-state index in [0.717, 1.165) is 50.4 Å². The number of hydrogen-bond donors (Lipinski definition) is 1. The summed E-state index contributed by atoms with van der Waals surface area (Å²) in [7, 11) is 0. The Hall–Kier alpha value is -1.16. The molecular formula is C14H19F2NO. The standard InChI is InChI=1S/C14H19F2NO/c1-2-17-11-4-3-5-12(9-11)18-14-8-10(15)6-7-13(14)16/h6-8,11-12,17H,2-5,9H2,1H3. The lowest BCUT2D eigenvalue weighted by Gasteiger charge is -2.30.